The molecule has 0 atom stereocenters. The molecule has 2 aromatic carbocycles. The van der Waals surface area contributed by atoms with Gasteiger partial charge in [0.1, 0.15) is 11.4 Å². The van der Waals surface area contributed by atoms with E-state index in [4.69, 9.17) is 37.4 Å². The first-order chi connectivity index (χ1) is 20.5. The van der Waals surface area contributed by atoms with Crippen molar-refractivity contribution >= 4 is 35.6 Å². The van der Waals surface area contributed by atoms with Gasteiger partial charge < -0.3 is 19.1 Å². The van der Waals surface area contributed by atoms with Gasteiger partial charge in [-0.1, -0.05) is 41.4 Å². The molecule has 1 aliphatic heterocycles. The Hall–Kier alpha value is -4.14. The lowest BCUT2D eigenvalue weighted by Crippen LogP contribution is -2.40. The van der Waals surface area contributed by atoms with Crippen molar-refractivity contribution in [1.82, 2.24) is 14.9 Å². The molecule has 8 nitrogen and oxygen atoms in total. The number of amides is 1. The van der Waals surface area contributed by atoms with E-state index in [0.29, 0.717) is 75.2 Å². The molecular formula is C33H31Cl2N3O5. The topological polar surface area (TPSA) is 90.9 Å². The van der Waals surface area contributed by atoms with Crippen molar-refractivity contribution in [2.75, 3.05) is 20.8 Å². The lowest BCUT2D eigenvalue weighted by molar-refractivity contribution is 0.0222. The fourth-order valence-electron chi connectivity index (χ4n) is 5.08. The molecular weight excluding hydrogens is 589 g/mol. The third-order valence-corrected chi connectivity index (χ3v) is 7.90. The third-order valence-electron chi connectivity index (χ3n) is 7.11. The summed E-state index contributed by atoms with van der Waals surface area (Å²) in [6.45, 7) is 6.45. The number of hydrogen-bond acceptors (Lipinski definition) is 7. The van der Waals surface area contributed by atoms with Crippen LogP contribution in [-0.2, 0) is 17.7 Å². The molecule has 0 bridgehead atoms. The number of benzene rings is 2. The molecule has 0 radical (unpaired) electrons. The van der Waals surface area contributed by atoms with Gasteiger partial charge in [0.2, 0.25) is 5.88 Å². The number of carbonyl (C=O) groups excluding carboxylic acids is 2. The summed E-state index contributed by atoms with van der Waals surface area (Å²) >= 11 is 14.0. The average Bonchev–Trinajstić information content (AvgIpc) is 2.99. The van der Waals surface area contributed by atoms with Crippen LogP contribution in [0.5, 0.6) is 11.6 Å². The maximum atomic E-state index is 12.7. The van der Waals surface area contributed by atoms with Crippen LogP contribution in [0.15, 0.2) is 54.7 Å². The second-order valence-corrected chi connectivity index (χ2v) is 11.8. The molecule has 43 heavy (non-hydrogen) atoms. The van der Waals surface area contributed by atoms with Gasteiger partial charge in [0.05, 0.1) is 47.8 Å². The number of halogens is 2. The predicted octanol–water partition coefficient (Wildman–Crippen LogP) is 7.91. The first-order valence-electron chi connectivity index (χ1n) is 13.7. The number of pyridine rings is 2. The Morgan fingerprint density at radius 3 is 2.42 bits per heavy atom. The highest BCUT2D eigenvalue weighted by molar-refractivity contribution is 6.39. The first-order valence-corrected chi connectivity index (χ1v) is 14.4. The summed E-state index contributed by atoms with van der Waals surface area (Å²) in [4.78, 5) is 34.9. The zero-order valence-corrected chi connectivity index (χ0v) is 26.0. The lowest BCUT2D eigenvalue weighted by Gasteiger charge is -2.32. The summed E-state index contributed by atoms with van der Waals surface area (Å²) in [6.07, 6.45) is 2.66. The molecule has 0 fully saturated rings. The van der Waals surface area contributed by atoms with E-state index in [1.54, 1.807) is 30.3 Å². The summed E-state index contributed by atoms with van der Waals surface area (Å²) in [5.74, 6) is 0.858. The highest BCUT2D eigenvalue weighted by Gasteiger charge is 2.28. The molecule has 0 saturated heterocycles. The van der Waals surface area contributed by atoms with Crippen LogP contribution in [0.3, 0.4) is 0 Å². The lowest BCUT2D eigenvalue weighted by atomic mass is 9.94. The number of nitrogens with zero attached hydrogens (tertiary/aromatic N) is 3. The average molecular weight is 621 g/mol. The summed E-state index contributed by atoms with van der Waals surface area (Å²) in [7, 11) is 3.06. The van der Waals surface area contributed by atoms with E-state index in [-0.39, 0.29) is 12.0 Å². The van der Waals surface area contributed by atoms with E-state index in [0.717, 1.165) is 16.7 Å². The third kappa shape index (κ3) is 6.17. The molecule has 10 heteroatoms. The largest absolute Gasteiger partial charge is 0.496 e. The second kappa shape index (κ2) is 12.2. The Balaban J connectivity index is 1.52. The van der Waals surface area contributed by atoms with E-state index in [1.165, 1.54) is 7.11 Å². The summed E-state index contributed by atoms with van der Waals surface area (Å²) in [6, 6.07) is 14.7. The number of fused-ring (bicyclic) bond motifs is 1. The van der Waals surface area contributed by atoms with E-state index >= 15 is 0 Å². The van der Waals surface area contributed by atoms with Gasteiger partial charge in [-0.25, -0.2) is 9.78 Å². The van der Waals surface area contributed by atoms with Gasteiger partial charge in [0.15, 0.2) is 6.29 Å². The Morgan fingerprint density at radius 1 is 0.977 bits per heavy atom. The van der Waals surface area contributed by atoms with Crippen LogP contribution < -0.4 is 9.47 Å². The number of hydrogen-bond donors (Lipinski definition) is 0. The fourth-order valence-corrected chi connectivity index (χ4v) is 5.72. The molecule has 3 heterocycles. The summed E-state index contributed by atoms with van der Waals surface area (Å²) < 4.78 is 16.6. The minimum absolute atomic E-state index is 0.216. The van der Waals surface area contributed by atoms with Gasteiger partial charge in [0.25, 0.3) is 0 Å². The van der Waals surface area contributed by atoms with Gasteiger partial charge in [0, 0.05) is 40.6 Å². The molecule has 0 aliphatic carbocycles. The molecule has 0 unspecified atom stereocenters. The van der Waals surface area contributed by atoms with E-state index < -0.39 is 5.60 Å². The smallest absolute Gasteiger partial charge is 0.410 e. The highest BCUT2D eigenvalue weighted by atomic mass is 35.5. The Labute approximate surface area is 260 Å². The standard InChI is InChI=1S/C33H31Cl2N3O5/c1-33(2,3)43-32(40)38-14-12-19-15-21(16-27(41-4)25(19)17-38)30-29(35)23(11-13-36-30)22-7-6-8-24(28(22)34)26-10-9-20(18-39)31(37-26)42-5/h6-11,13,15-16,18H,12,14,17H2,1-5H3. The molecule has 2 aromatic heterocycles. The molecule has 4 aromatic rings. The van der Waals surface area contributed by atoms with Crippen molar-refractivity contribution in [3.8, 4) is 45.3 Å². The molecule has 1 aliphatic rings. The predicted molar refractivity (Wildman–Crippen MR) is 167 cm³/mol. The molecule has 5 rings (SSSR count). The maximum absolute atomic E-state index is 12.7. The van der Waals surface area contributed by atoms with Crippen molar-refractivity contribution in [1.29, 1.82) is 0 Å². The number of carbonyl (C=O) groups is 2. The van der Waals surface area contributed by atoms with Gasteiger partial charge in [-0.3, -0.25) is 9.78 Å². The minimum Gasteiger partial charge on any atom is -0.496 e. The van der Waals surface area contributed by atoms with Crippen LogP contribution in [0.1, 0.15) is 42.3 Å². The SMILES string of the molecule is COc1cc(-c2nccc(-c3cccc(-c4ccc(C=O)c(OC)n4)c3Cl)c2Cl)cc2c1CN(C(=O)OC(C)(C)C)CC2. The Bertz CT molecular complexity index is 1700. The molecule has 1 amide bonds. The van der Waals surface area contributed by atoms with Gasteiger partial charge in [-0.15, -0.1) is 0 Å². The number of rotatable bonds is 6. The Kier molecular flexibility index (Phi) is 8.62. The van der Waals surface area contributed by atoms with Crippen molar-refractivity contribution < 1.29 is 23.8 Å². The van der Waals surface area contributed by atoms with Crippen LogP contribution in [0, 0.1) is 0 Å². The van der Waals surface area contributed by atoms with E-state index in [2.05, 4.69) is 9.97 Å². The van der Waals surface area contributed by atoms with E-state index in [9.17, 15) is 9.59 Å². The monoisotopic (exact) mass is 619 g/mol. The normalized spacial score (nSPS) is 12.9. The fraction of sp³-hybridized carbons (Fsp3) is 0.273. The van der Waals surface area contributed by atoms with Gasteiger partial charge >= 0.3 is 6.09 Å². The van der Waals surface area contributed by atoms with Crippen LogP contribution in [-0.4, -0.2) is 53.6 Å². The number of ether oxygens (including phenoxy) is 3. The Morgan fingerprint density at radius 2 is 1.72 bits per heavy atom. The van der Waals surface area contributed by atoms with Crippen molar-refractivity contribution in [2.24, 2.45) is 0 Å². The minimum atomic E-state index is -0.578. The zero-order chi connectivity index (χ0) is 30.9. The van der Waals surface area contributed by atoms with Crippen molar-refractivity contribution in [3.05, 3.63) is 81.5 Å². The van der Waals surface area contributed by atoms with Crippen LogP contribution in [0.4, 0.5) is 4.79 Å². The van der Waals surface area contributed by atoms with Crippen molar-refractivity contribution in [2.45, 2.75) is 39.3 Å². The van der Waals surface area contributed by atoms with Crippen LogP contribution >= 0.6 is 23.2 Å². The molecule has 222 valence electrons. The second-order valence-electron chi connectivity index (χ2n) is 11.1. The molecule has 0 N–H and O–H groups in total. The number of methoxy groups -OCH3 is 2. The van der Waals surface area contributed by atoms with Gasteiger partial charge in [-0.2, -0.15) is 0 Å². The van der Waals surface area contributed by atoms with Crippen molar-refractivity contribution in [3.63, 3.8) is 0 Å². The first kappa shape index (κ1) is 30.3. The van der Waals surface area contributed by atoms with Gasteiger partial charge in [-0.05, 0) is 63.1 Å². The van der Waals surface area contributed by atoms with Crippen LogP contribution in [0.25, 0.3) is 33.6 Å². The maximum Gasteiger partial charge on any atom is 0.410 e. The number of aromatic nitrogens is 2. The summed E-state index contributed by atoms with van der Waals surface area (Å²) in [5, 5.41) is 0.872. The zero-order valence-electron chi connectivity index (χ0n) is 24.5. The summed E-state index contributed by atoms with van der Waals surface area (Å²) in [5.41, 5.74) is 5.72. The highest BCUT2D eigenvalue weighted by Crippen LogP contribution is 2.43. The molecule has 0 saturated carbocycles. The van der Waals surface area contributed by atoms with E-state index in [1.807, 2.05) is 57.2 Å². The number of aldehydes is 1. The molecule has 0 spiro atoms. The van der Waals surface area contributed by atoms with Crippen LogP contribution in [0.2, 0.25) is 10.0 Å². The quantitative estimate of drug-likeness (QED) is 0.202.